The molecule has 0 unspecified atom stereocenters. The van der Waals surface area contributed by atoms with Crippen LogP contribution in [0, 0.1) is 5.41 Å². The molecule has 0 radical (unpaired) electrons. The molecule has 3 rings (SSSR count). The first-order chi connectivity index (χ1) is 7.16. The van der Waals surface area contributed by atoms with Gasteiger partial charge in [-0.1, -0.05) is 5.11 Å². The van der Waals surface area contributed by atoms with Crippen molar-refractivity contribution in [2.24, 2.45) is 10.5 Å². The number of carbonyl (C=O) groups is 1. The van der Waals surface area contributed by atoms with E-state index >= 15 is 0 Å². The number of hydrogen-bond donors (Lipinski definition) is 0. The quantitative estimate of drug-likeness (QED) is 0.303. The van der Waals surface area contributed by atoms with Crippen LogP contribution in [0.15, 0.2) is 5.11 Å². The van der Waals surface area contributed by atoms with Gasteiger partial charge >= 0.3 is 5.97 Å². The van der Waals surface area contributed by atoms with Crippen LogP contribution in [0.4, 0.5) is 0 Å². The number of methoxy groups -OCH3 is 1. The molecule has 0 atom stereocenters. The number of fused-ring (bicyclic) bond motifs is 3. The monoisotopic (exact) mass is 209 g/mol. The molecule has 15 heavy (non-hydrogen) atoms. The molecule has 0 aromatic carbocycles. The predicted molar refractivity (Wildman–Crippen MR) is 54.0 cm³/mol. The third-order valence-corrected chi connectivity index (χ3v) is 4.08. The summed E-state index contributed by atoms with van der Waals surface area (Å²) in [5.41, 5.74) is 8.04. The SMILES string of the molecule is COC(=O)C12CCC(N=[N+]=[N-])(CC1)CC2. The van der Waals surface area contributed by atoms with E-state index in [0.29, 0.717) is 0 Å². The van der Waals surface area contributed by atoms with Crippen LogP contribution in [-0.4, -0.2) is 18.6 Å². The molecule has 0 heterocycles. The summed E-state index contributed by atoms with van der Waals surface area (Å²) in [7, 11) is 1.45. The molecule has 82 valence electrons. The zero-order valence-corrected chi connectivity index (χ0v) is 8.90. The standard InChI is InChI=1S/C10H15N3O2/c1-15-8(14)9-2-5-10(6-3-9,7-4-9)12-13-11/h2-7H2,1H3. The highest BCUT2D eigenvalue weighted by atomic mass is 16.5. The molecule has 3 saturated carbocycles. The highest BCUT2D eigenvalue weighted by molar-refractivity contribution is 5.77. The summed E-state index contributed by atoms with van der Waals surface area (Å²) in [4.78, 5) is 14.6. The Morgan fingerprint density at radius 2 is 1.80 bits per heavy atom. The lowest BCUT2D eigenvalue weighted by Crippen LogP contribution is -2.48. The van der Waals surface area contributed by atoms with E-state index in [2.05, 4.69) is 10.0 Å². The average Bonchev–Trinajstić information content (AvgIpc) is 2.30. The zero-order valence-electron chi connectivity index (χ0n) is 8.90. The molecule has 0 amide bonds. The van der Waals surface area contributed by atoms with Crippen LogP contribution < -0.4 is 0 Å². The van der Waals surface area contributed by atoms with E-state index in [-0.39, 0.29) is 16.9 Å². The molecule has 3 fully saturated rings. The van der Waals surface area contributed by atoms with Crippen LogP contribution in [0.1, 0.15) is 38.5 Å². The van der Waals surface area contributed by atoms with E-state index in [1.54, 1.807) is 0 Å². The number of hydrogen-bond acceptors (Lipinski definition) is 3. The molecule has 0 saturated heterocycles. The Labute approximate surface area is 88.4 Å². The normalized spacial score (nSPS) is 38.2. The second kappa shape index (κ2) is 3.42. The highest BCUT2D eigenvalue weighted by Crippen LogP contribution is 2.54. The first-order valence-electron chi connectivity index (χ1n) is 5.31. The second-order valence-electron chi connectivity index (χ2n) is 4.69. The summed E-state index contributed by atoms with van der Waals surface area (Å²) in [6, 6.07) is 0. The minimum absolute atomic E-state index is 0.0864. The van der Waals surface area contributed by atoms with E-state index in [0.717, 1.165) is 38.5 Å². The minimum Gasteiger partial charge on any atom is -0.469 e. The number of nitrogens with zero attached hydrogens (tertiary/aromatic N) is 3. The fourth-order valence-corrected chi connectivity index (χ4v) is 2.93. The van der Waals surface area contributed by atoms with Gasteiger partial charge in [-0.05, 0) is 44.1 Å². The lowest BCUT2D eigenvalue weighted by Gasteiger charge is -2.49. The van der Waals surface area contributed by atoms with Crippen molar-refractivity contribution in [3.05, 3.63) is 10.4 Å². The second-order valence-corrected chi connectivity index (χ2v) is 4.69. The fourth-order valence-electron chi connectivity index (χ4n) is 2.93. The Hall–Kier alpha value is -1.22. The van der Waals surface area contributed by atoms with Gasteiger partial charge in [0, 0.05) is 10.5 Å². The van der Waals surface area contributed by atoms with Crippen molar-refractivity contribution in [3.8, 4) is 0 Å². The molecule has 3 aliphatic carbocycles. The Bertz CT molecular complexity index is 309. The molecular weight excluding hydrogens is 194 g/mol. The van der Waals surface area contributed by atoms with Crippen LogP contribution in [0.5, 0.6) is 0 Å². The van der Waals surface area contributed by atoms with Crippen molar-refractivity contribution in [1.82, 2.24) is 0 Å². The Morgan fingerprint density at radius 3 is 2.20 bits per heavy atom. The summed E-state index contributed by atoms with van der Waals surface area (Å²) >= 11 is 0. The fraction of sp³-hybridized carbons (Fsp3) is 0.900. The van der Waals surface area contributed by atoms with Gasteiger partial charge in [0.25, 0.3) is 0 Å². The van der Waals surface area contributed by atoms with Crippen molar-refractivity contribution in [1.29, 1.82) is 0 Å². The number of ether oxygens (including phenoxy) is 1. The largest absolute Gasteiger partial charge is 0.469 e. The molecule has 0 aliphatic heterocycles. The first kappa shape index (κ1) is 10.3. The van der Waals surface area contributed by atoms with E-state index < -0.39 is 0 Å². The molecule has 0 N–H and O–H groups in total. The van der Waals surface area contributed by atoms with Crippen molar-refractivity contribution < 1.29 is 9.53 Å². The molecule has 0 spiro atoms. The topological polar surface area (TPSA) is 75.1 Å². The molecular formula is C10H15N3O2. The van der Waals surface area contributed by atoms with Gasteiger partial charge in [0.1, 0.15) is 0 Å². The third kappa shape index (κ3) is 1.47. The summed E-state index contributed by atoms with van der Waals surface area (Å²) in [5, 5.41) is 3.92. The van der Waals surface area contributed by atoms with Gasteiger partial charge < -0.3 is 4.74 Å². The van der Waals surface area contributed by atoms with Crippen molar-refractivity contribution in [3.63, 3.8) is 0 Å². The molecule has 0 aromatic heterocycles. The van der Waals surface area contributed by atoms with Crippen LogP contribution in [0.2, 0.25) is 0 Å². The van der Waals surface area contributed by atoms with Gasteiger partial charge in [0.15, 0.2) is 0 Å². The summed E-state index contributed by atoms with van der Waals surface area (Å²) in [6.45, 7) is 0. The third-order valence-electron chi connectivity index (χ3n) is 4.08. The van der Waals surface area contributed by atoms with E-state index in [9.17, 15) is 4.79 Å². The Morgan fingerprint density at radius 1 is 1.27 bits per heavy atom. The Kier molecular flexibility index (Phi) is 2.35. The smallest absolute Gasteiger partial charge is 0.311 e. The molecule has 5 nitrogen and oxygen atoms in total. The predicted octanol–water partition coefficient (Wildman–Crippen LogP) is 2.56. The maximum absolute atomic E-state index is 11.7. The highest BCUT2D eigenvalue weighted by Gasteiger charge is 2.52. The van der Waals surface area contributed by atoms with Gasteiger partial charge in [0.2, 0.25) is 0 Å². The van der Waals surface area contributed by atoms with Gasteiger partial charge in [-0.15, -0.1) is 0 Å². The summed E-state index contributed by atoms with van der Waals surface area (Å²) in [6.07, 6.45) is 4.89. The number of azide groups is 1. The molecule has 0 aromatic rings. The van der Waals surface area contributed by atoms with E-state index in [1.165, 1.54) is 7.11 Å². The Balaban J connectivity index is 2.17. The van der Waals surface area contributed by atoms with E-state index in [1.807, 2.05) is 0 Å². The maximum Gasteiger partial charge on any atom is 0.311 e. The molecule has 3 aliphatic rings. The van der Waals surface area contributed by atoms with Crippen LogP contribution >= 0.6 is 0 Å². The van der Waals surface area contributed by atoms with Crippen molar-refractivity contribution in [2.45, 2.75) is 44.1 Å². The maximum atomic E-state index is 11.7. The minimum atomic E-state index is -0.276. The van der Waals surface area contributed by atoms with E-state index in [4.69, 9.17) is 10.3 Å². The summed E-state index contributed by atoms with van der Waals surface area (Å²) < 4.78 is 4.86. The van der Waals surface area contributed by atoms with Crippen molar-refractivity contribution in [2.75, 3.05) is 7.11 Å². The average molecular weight is 209 g/mol. The zero-order chi connectivity index (χ0) is 10.9. The van der Waals surface area contributed by atoms with Crippen molar-refractivity contribution >= 4 is 5.97 Å². The number of rotatable bonds is 2. The summed E-state index contributed by atoms with van der Waals surface area (Å²) in [5.74, 6) is -0.0864. The van der Waals surface area contributed by atoms with Gasteiger partial charge in [-0.2, -0.15) is 0 Å². The van der Waals surface area contributed by atoms with Gasteiger partial charge in [0.05, 0.1) is 12.5 Å². The first-order valence-corrected chi connectivity index (χ1v) is 5.31. The lowest BCUT2D eigenvalue weighted by molar-refractivity contribution is -0.159. The molecule has 2 bridgehead atoms. The van der Waals surface area contributed by atoms with Gasteiger partial charge in [-0.3, -0.25) is 4.79 Å². The van der Waals surface area contributed by atoms with Crippen LogP contribution in [-0.2, 0) is 9.53 Å². The number of esters is 1. The lowest BCUT2D eigenvalue weighted by atomic mass is 9.57. The number of carbonyl (C=O) groups excluding carboxylic acids is 1. The van der Waals surface area contributed by atoms with Crippen LogP contribution in [0.3, 0.4) is 0 Å². The molecule has 5 heteroatoms. The van der Waals surface area contributed by atoms with Crippen LogP contribution in [0.25, 0.3) is 10.4 Å². The van der Waals surface area contributed by atoms with Gasteiger partial charge in [-0.25, -0.2) is 0 Å².